The van der Waals surface area contributed by atoms with Crippen molar-refractivity contribution < 1.29 is 23.5 Å². The number of hydrogen-bond acceptors (Lipinski definition) is 4. The predicted molar refractivity (Wildman–Crippen MR) is 98.8 cm³/mol. The molecule has 0 spiro atoms. The third kappa shape index (κ3) is 6.07. The van der Waals surface area contributed by atoms with Gasteiger partial charge < -0.3 is 15.4 Å². The lowest BCUT2D eigenvalue weighted by Gasteiger charge is -2.15. The number of esters is 1. The van der Waals surface area contributed by atoms with E-state index in [1.807, 2.05) is 6.07 Å². The van der Waals surface area contributed by atoms with Crippen LogP contribution in [0.5, 0.6) is 0 Å². The van der Waals surface area contributed by atoms with Crippen molar-refractivity contribution in [2.75, 3.05) is 5.32 Å². The average Bonchev–Trinajstić information content (AvgIpc) is 2.63. The number of carbonyl (C=O) groups is 3. The number of para-hydroxylation sites is 1. The third-order valence-electron chi connectivity index (χ3n) is 3.43. The highest BCUT2D eigenvalue weighted by Gasteiger charge is 2.22. The van der Waals surface area contributed by atoms with Crippen molar-refractivity contribution in [2.24, 2.45) is 0 Å². The maximum Gasteiger partial charge on any atom is 0.355 e. The summed E-state index contributed by atoms with van der Waals surface area (Å²) in [6.45, 7) is 2.60. The maximum absolute atomic E-state index is 13.6. The largest absolute Gasteiger partial charge is 0.448 e. The van der Waals surface area contributed by atoms with E-state index in [9.17, 15) is 18.8 Å². The Hall–Kier alpha value is -3.48. The van der Waals surface area contributed by atoms with Gasteiger partial charge in [-0.3, -0.25) is 9.59 Å². The van der Waals surface area contributed by atoms with Crippen LogP contribution in [0.15, 0.2) is 60.3 Å². The summed E-state index contributed by atoms with van der Waals surface area (Å²) in [5, 5.41) is 4.73. The fourth-order valence-corrected chi connectivity index (χ4v) is 2.13. The molecule has 0 fully saturated rings. The first-order valence-electron chi connectivity index (χ1n) is 8.17. The first kappa shape index (κ1) is 19.8. The van der Waals surface area contributed by atoms with Gasteiger partial charge in [-0.2, -0.15) is 0 Å². The van der Waals surface area contributed by atoms with Crippen LogP contribution in [0.2, 0.25) is 0 Å². The minimum absolute atomic E-state index is 0.0210. The summed E-state index contributed by atoms with van der Waals surface area (Å²) >= 11 is 0. The van der Waals surface area contributed by atoms with E-state index in [1.165, 1.54) is 38.1 Å². The number of ether oxygens (including phenoxy) is 1. The lowest BCUT2D eigenvalue weighted by Crippen LogP contribution is -2.34. The fraction of sp³-hybridized carbons (Fsp3) is 0.150. The van der Waals surface area contributed by atoms with Gasteiger partial charge in [0.25, 0.3) is 5.91 Å². The van der Waals surface area contributed by atoms with Crippen molar-refractivity contribution in [3.63, 3.8) is 0 Å². The highest BCUT2D eigenvalue weighted by atomic mass is 19.1. The van der Waals surface area contributed by atoms with E-state index in [1.54, 1.807) is 30.3 Å². The Morgan fingerprint density at radius 2 is 1.67 bits per heavy atom. The Balaban J connectivity index is 2.09. The van der Waals surface area contributed by atoms with E-state index in [2.05, 4.69) is 10.6 Å². The molecule has 27 heavy (non-hydrogen) atoms. The molecule has 2 N–H and O–H groups in total. The van der Waals surface area contributed by atoms with Crippen LogP contribution in [0, 0.1) is 5.82 Å². The van der Waals surface area contributed by atoms with Crippen LogP contribution < -0.4 is 10.6 Å². The Labute approximate surface area is 156 Å². The molecular formula is C20H19FN2O4. The Morgan fingerprint density at radius 1 is 1.04 bits per heavy atom. The smallest absolute Gasteiger partial charge is 0.355 e. The number of hydrogen-bond donors (Lipinski definition) is 2. The van der Waals surface area contributed by atoms with Gasteiger partial charge in [0, 0.05) is 6.92 Å². The van der Waals surface area contributed by atoms with Crippen molar-refractivity contribution in [2.45, 2.75) is 20.0 Å². The van der Waals surface area contributed by atoms with Crippen LogP contribution in [-0.4, -0.2) is 23.9 Å². The normalized spacial score (nSPS) is 12.0. The molecule has 2 aromatic carbocycles. The van der Waals surface area contributed by atoms with E-state index in [-0.39, 0.29) is 11.4 Å². The quantitative estimate of drug-likeness (QED) is 0.605. The molecule has 0 bridgehead atoms. The van der Waals surface area contributed by atoms with Gasteiger partial charge in [0.15, 0.2) is 6.10 Å². The third-order valence-corrected chi connectivity index (χ3v) is 3.43. The minimum Gasteiger partial charge on any atom is -0.448 e. The Bertz CT molecular complexity index is 865. The molecular weight excluding hydrogens is 351 g/mol. The molecule has 1 atom stereocenters. The summed E-state index contributed by atoms with van der Waals surface area (Å²) < 4.78 is 18.7. The topological polar surface area (TPSA) is 84.5 Å². The number of rotatable bonds is 6. The van der Waals surface area contributed by atoms with Crippen LogP contribution >= 0.6 is 0 Å². The number of halogens is 1. The highest BCUT2D eigenvalue weighted by Crippen LogP contribution is 2.14. The van der Waals surface area contributed by atoms with E-state index in [4.69, 9.17) is 4.74 Å². The van der Waals surface area contributed by atoms with Crippen molar-refractivity contribution in [3.8, 4) is 0 Å². The molecule has 0 aliphatic heterocycles. The minimum atomic E-state index is -1.20. The first-order valence-corrected chi connectivity index (χ1v) is 8.17. The molecule has 0 unspecified atom stereocenters. The summed E-state index contributed by atoms with van der Waals surface area (Å²) in [4.78, 5) is 35.9. The van der Waals surface area contributed by atoms with Crippen molar-refractivity contribution in [1.29, 1.82) is 0 Å². The lowest BCUT2D eigenvalue weighted by molar-refractivity contribution is -0.149. The maximum atomic E-state index is 13.6. The van der Waals surface area contributed by atoms with Crippen LogP contribution in [0.1, 0.15) is 19.4 Å². The molecule has 7 heteroatoms. The van der Waals surface area contributed by atoms with Gasteiger partial charge in [0.1, 0.15) is 11.5 Å². The highest BCUT2D eigenvalue weighted by molar-refractivity contribution is 6.00. The van der Waals surface area contributed by atoms with E-state index in [0.29, 0.717) is 5.56 Å². The standard InChI is InChI=1S/C20H19FN2O4/c1-13(19(25)23-17-11-7-6-10-16(17)21)27-20(26)18(22-14(2)24)12-15-8-4-3-5-9-15/h3-13H,1-2H3,(H,22,24)(H,23,25)/b18-12+/t13-/m0/s1. The van der Waals surface area contributed by atoms with Gasteiger partial charge in [-0.15, -0.1) is 0 Å². The van der Waals surface area contributed by atoms with Crippen LogP contribution in [-0.2, 0) is 19.1 Å². The molecule has 0 aliphatic carbocycles. The molecule has 2 aromatic rings. The van der Waals surface area contributed by atoms with Gasteiger partial charge >= 0.3 is 5.97 Å². The zero-order valence-corrected chi connectivity index (χ0v) is 14.9. The lowest BCUT2D eigenvalue weighted by atomic mass is 10.2. The summed E-state index contributed by atoms with van der Waals surface area (Å²) in [6, 6.07) is 14.5. The molecule has 6 nitrogen and oxygen atoms in total. The average molecular weight is 370 g/mol. The zero-order valence-electron chi connectivity index (χ0n) is 14.9. The SMILES string of the molecule is CC(=O)N/C(=C/c1ccccc1)C(=O)O[C@@H](C)C(=O)Nc1ccccc1F. The van der Waals surface area contributed by atoms with Crippen molar-refractivity contribution in [1.82, 2.24) is 5.32 Å². The number of amides is 2. The summed E-state index contributed by atoms with van der Waals surface area (Å²) in [6.07, 6.45) is 0.232. The number of anilines is 1. The molecule has 0 aromatic heterocycles. The second-order valence-corrected chi connectivity index (χ2v) is 5.67. The van der Waals surface area contributed by atoms with Crippen molar-refractivity contribution in [3.05, 3.63) is 71.7 Å². The number of benzene rings is 2. The Kier molecular flexibility index (Phi) is 6.82. The molecule has 2 amide bonds. The van der Waals surface area contributed by atoms with Gasteiger partial charge in [-0.05, 0) is 30.7 Å². The molecule has 0 saturated heterocycles. The van der Waals surface area contributed by atoms with Gasteiger partial charge in [0.2, 0.25) is 5.91 Å². The van der Waals surface area contributed by atoms with E-state index < -0.39 is 29.7 Å². The van der Waals surface area contributed by atoms with Gasteiger partial charge in [0.05, 0.1) is 5.69 Å². The summed E-state index contributed by atoms with van der Waals surface area (Å²) in [5.74, 6) is -2.65. The monoisotopic (exact) mass is 370 g/mol. The Morgan fingerprint density at radius 3 is 2.30 bits per heavy atom. The van der Waals surface area contributed by atoms with E-state index >= 15 is 0 Å². The second kappa shape index (κ2) is 9.28. The molecule has 0 radical (unpaired) electrons. The molecule has 0 heterocycles. The number of carbonyl (C=O) groups excluding carboxylic acids is 3. The first-order chi connectivity index (χ1) is 12.9. The predicted octanol–water partition coefficient (Wildman–Crippen LogP) is 2.87. The summed E-state index contributed by atoms with van der Waals surface area (Å²) in [5.41, 5.74) is 0.535. The van der Waals surface area contributed by atoms with Crippen LogP contribution in [0.4, 0.5) is 10.1 Å². The molecule has 140 valence electrons. The van der Waals surface area contributed by atoms with Gasteiger partial charge in [-0.1, -0.05) is 42.5 Å². The molecule has 0 aliphatic rings. The second-order valence-electron chi connectivity index (χ2n) is 5.67. The zero-order chi connectivity index (χ0) is 19.8. The van der Waals surface area contributed by atoms with Crippen LogP contribution in [0.25, 0.3) is 6.08 Å². The van der Waals surface area contributed by atoms with Gasteiger partial charge in [-0.25, -0.2) is 9.18 Å². The van der Waals surface area contributed by atoms with E-state index in [0.717, 1.165) is 0 Å². The van der Waals surface area contributed by atoms with Crippen molar-refractivity contribution >= 4 is 29.5 Å². The van der Waals surface area contributed by atoms with Crippen LogP contribution in [0.3, 0.4) is 0 Å². The fourth-order valence-electron chi connectivity index (χ4n) is 2.13. The summed E-state index contributed by atoms with van der Waals surface area (Å²) in [7, 11) is 0. The molecule has 2 rings (SSSR count). The number of nitrogens with one attached hydrogen (secondary N) is 2. The molecule has 0 saturated carbocycles.